The zero-order valence-corrected chi connectivity index (χ0v) is 39.5. The number of fused-ring (bicyclic) bond motifs is 2. The average molecular weight is 877 g/mol. The van der Waals surface area contributed by atoms with E-state index in [4.69, 9.17) is 8.83 Å². The predicted octanol–water partition coefficient (Wildman–Crippen LogP) is 15.6. The zero-order valence-electron chi connectivity index (χ0n) is 34.4. The summed E-state index contributed by atoms with van der Waals surface area (Å²) in [5, 5.41) is 5.16. The summed E-state index contributed by atoms with van der Waals surface area (Å²) in [6.07, 6.45) is 2.14. The van der Waals surface area contributed by atoms with E-state index in [0.717, 1.165) is 47.0 Å². The number of rotatable bonds is 6. The smallest absolute Gasteiger partial charge is 0.147 e. The summed E-state index contributed by atoms with van der Waals surface area (Å²) in [5.41, 5.74) is 15.9. The van der Waals surface area contributed by atoms with E-state index in [1.807, 2.05) is 26.0 Å². The van der Waals surface area contributed by atoms with Crippen LogP contribution in [0.4, 0.5) is 0 Å². The molecule has 0 spiro atoms. The molecule has 2 nitrogen and oxygen atoms in total. The molecule has 0 radical (unpaired) electrons. The molecule has 288 valence electrons. The maximum Gasteiger partial charge on any atom is -0.147 e. The summed E-state index contributed by atoms with van der Waals surface area (Å²) in [6, 6.07) is 39.7. The van der Waals surface area contributed by atoms with Gasteiger partial charge in [0.1, 0.15) is 0 Å². The molecule has 0 aliphatic rings. The molecule has 0 fully saturated rings. The number of hydrogen-bond donors (Lipinski definition) is 0. The third-order valence-corrected chi connectivity index (χ3v) is 10.4. The van der Waals surface area contributed by atoms with Gasteiger partial charge in [0, 0.05) is 0 Å². The third-order valence-electron chi connectivity index (χ3n) is 10.4. The molecule has 0 N–H and O–H groups in total. The fraction of sp³-hybridized carbons (Fsp3) is 0.240. The van der Waals surface area contributed by atoms with Gasteiger partial charge in [0.05, 0.1) is 23.0 Å². The summed E-state index contributed by atoms with van der Waals surface area (Å²) >= 11 is 1.74. The Kier molecular flexibility index (Phi) is 15.8. The summed E-state index contributed by atoms with van der Waals surface area (Å²) in [6.45, 7) is 21.8. The number of aryl methyl sites for hydroxylation is 6. The van der Waals surface area contributed by atoms with Gasteiger partial charge in [-0.25, -0.2) is 0 Å². The van der Waals surface area contributed by atoms with Crippen LogP contribution in [0.1, 0.15) is 58.7 Å². The van der Waals surface area contributed by atoms with Crippen molar-refractivity contribution in [1.82, 2.24) is 0 Å². The van der Waals surface area contributed by atoms with E-state index < -0.39 is 0 Å². The molecule has 0 atom stereocenters. The molecule has 0 saturated heterocycles. The van der Waals surface area contributed by atoms with Crippen LogP contribution in [0.15, 0.2) is 118 Å². The fourth-order valence-corrected chi connectivity index (χ4v) is 7.23. The summed E-state index contributed by atoms with van der Waals surface area (Å²) in [7, 11) is 0. The van der Waals surface area contributed by atoms with E-state index in [1.54, 1.807) is 23.3 Å². The molecule has 2 heterocycles. The van der Waals surface area contributed by atoms with Crippen LogP contribution in [0, 0.1) is 41.5 Å². The van der Waals surface area contributed by atoms with Crippen molar-refractivity contribution in [1.29, 1.82) is 0 Å². The van der Waals surface area contributed by atoms with Crippen molar-refractivity contribution in [3.05, 3.63) is 154 Å². The monoisotopic (exact) mass is 874 g/mol. The van der Waals surface area contributed by atoms with Gasteiger partial charge in [-0.2, -0.15) is 0 Å². The topological polar surface area (TPSA) is 26.3 Å². The molecule has 8 aromatic rings. The van der Waals surface area contributed by atoms with Gasteiger partial charge >= 0.3 is 41.9 Å². The van der Waals surface area contributed by atoms with Crippen LogP contribution >= 0.6 is 24.8 Å². The SMILES string of the molecule is CCc1ccc(-c2c(C)c(C)cc3[cH-]c(-c4ccc(C)o4)cc23)cc1.CCc1ccc(-c2c(C)c(C)cc3[cH-]c(-c4ccc(C)o4)cc23)cc1.C[Si](C)=[Zr+2].Cl.Cl. The van der Waals surface area contributed by atoms with Crippen LogP contribution in [0.3, 0.4) is 0 Å². The Bertz CT molecular complexity index is 2380. The molecular weight excluding hydrogens is 823 g/mol. The van der Waals surface area contributed by atoms with Crippen LogP contribution in [-0.2, 0) is 36.2 Å². The Morgan fingerprint density at radius 3 is 1.14 bits per heavy atom. The first-order valence-electron chi connectivity index (χ1n) is 19.1. The molecule has 2 aromatic heterocycles. The first-order valence-corrected chi connectivity index (χ1v) is 25.3. The van der Waals surface area contributed by atoms with Gasteiger partial charge in [0.25, 0.3) is 0 Å². The molecule has 56 heavy (non-hydrogen) atoms. The van der Waals surface area contributed by atoms with Crippen molar-refractivity contribution in [3.8, 4) is 44.9 Å². The van der Waals surface area contributed by atoms with E-state index >= 15 is 0 Å². The number of benzene rings is 4. The Hall–Kier alpha value is -3.66. The third kappa shape index (κ3) is 10.1. The van der Waals surface area contributed by atoms with Crippen molar-refractivity contribution in [2.45, 2.75) is 81.3 Å². The zero-order chi connectivity index (χ0) is 38.7. The first-order chi connectivity index (χ1) is 25.9. The Morgan fingerprint density at radius 1 is 0.518 bits per heavy atom. The van der Waals surface area contributed by atoms with Crippen LogP contribution < -0.4 is 0 Å². The molecule has 6 heteroatoms. The van der Waals surface area contributed by atoms with Crippen LogP contribution in [0.25, 0.3) is 66.4 Å². The van der Waals surface area contributed by atoms with Crippen molar-refractivity contribution in [2.24, 2.45) is 0 Å². The molecule has 0 amide bonds. The Balaban J connectivity index is 0.000000220. The molecule has 0 saturated carbocycles. The molecule has 6 aromatic carbocycles. The van der Waals surface area contributed by atoms with Crippen LogP contribution in [-0.4, -0.2) is 5.43 Å². The maximum atomic E-state index is 5.84. The van der Waals surface area contributed by atoms with Crippen LogP contribution in [0.2, 0.25) is 13.1 Å². The van der Waals surface area contributed by atoms with Crippen molar-refractivity contribution < 1.29 is 32.2 Å². The largest absolute Gasteiger partial charge is 0.147 e. The number of halogens is 2. The second-order valence-electron chi connectivity index (χ2n) is 14.8. The minimum Gasteiger partial charge on any atom is -0.147 e. The van der Waals surface area contributed by atoms with Crippen molar-refractivity contribution >= 4 is 51.8 Å². The quantitative estimate of drug-likeness (QED) is 0.123. The normalized spacial score (nSPS) is 10.6. The fourth-order valence-electron chi connectivity index (χ4n) is 7.23. The Labute approximate surface area is 361 Å². The van der Waals surface area contributed by atoms with Gasteiger partial charge in [-0.05, 0) is 112 Å². The average Bonchev–Trinajstić information content (AvgIpc) is 3.97. The van der Waals surface area contributed by atoms with Crippen molar-refractivity contribution in [2.75, 3.05) is 0 Å². The van der Waals surface area contributed by atoms with Gasteiger partial charge in [-0.1, -0.05) is 95.8 Å². The van der Waals surface area contributed by atoms with E-state index in [9.17, 15) is 0 Å². The Morgan fingerprint density at radius 2 is 0.857 bits per heavy atom. The molecule has 0 aliphatic heterocycles. The van der Waals surface area contributed by atoms with Gasteiger partial charge in [-0.15, -0.1) is 82.8 Å². The minimum absolute atomic E-state index is 0. The second-order valence-corrected chi connectivity index (χ2v) is 24.2. The second kappa shape index (κ2) is 19.7. The van der Waals surface area contributed by atoms with Crippen molar-refractivity contribution in [3.63, 3.8) is 0 Å². The summed E-state index contributed by atoms with van der Waals surface area (Å²) in [4.78, 5) is 0. The molecule has 0 bridgehead atoms. The minimum atomic E-state index is 0. The van der Waals surface area contributed by atoms with E-state index in [2.05, 4.69) is 152 Å². The summed E-state index contributed by atoms with van der Waals surface area (Å²) < 4.78 is 11.7. The molecule has 8 rings (SSSR count). The molecular formula is C50H54Cl2O2SiZr. The van der Waals surface area contributed by atoms with Crippen LogP contribution in [0.5, 0.6) is 0 Å². The number of hydrogen-bond acceptors (Lipinski definition) is 2. The van der Waals surface area contributed by atoms with E-state index in [0.29, 0.717) is 0 Å². The van der Waals surface area contributed by atoms with Gasteiger partial charge < -0.3 is 8.83 Å². The molecule has 0 unspecified atom stereocenters. The summed E-state index contributed by atoms with van der Waals surface area (Å²) in [5.74, 6) is 3.78. The standard InChI is InChI=1S/2C24H23O.C2H6Si.2ClH.Zr/c2*1-5-18-7-9-19(10-8-18)24-17(4)15(2)12-20-13-21(14-22(20)24)23-11-6-16(3)25-23;1-3-2;;;/h2*6-14H,5H2,1-4H3;1-2H3;2*1H;/q2*-1;;;;+2. The maximum absolute atomic E-state index is 5.84. The van der Waals surface area contributed by atoms with E-state index in [1.165, 1.54) is 77.2 Å². The van der Waals surface area contributed by atoms with Gasteiger partial charge in [-0.3, -0.25) is 0 Å². The van der Waals surface area contributed by atoms with Gasteiger partial charge in [0.15, 0.2) is 0 Å². The first kappa shape index (κ1) is 45.0. The molecule has 0 aliphatic carbocycles. The number of furan rings is 2. The van der Waals surface area contributed by atoms with E-state index in [-0.39, 0.29) is 30.2 Å². The van der Waals surface area contributed by atoms with Gasteiger partial charge in [0.2, 0.25) is 0 Å². The predicted molar refractivity (Wildman–Crippen MR) is 245 cm³/mol.